The van der Waals surface area contributed by atoms with E-state index in [0.717, 1.165) is 0 Å². The molecule has 0 saturated carbocycles. The third kappa shape index (κ3) is 5.07. The smallest absolute Gasteiger partial charge is 0.187 e. The van der Waals surface area contributed by atoms with E-state index in [-0.39, 0.29) is 13.2 Å². The lowest BCUT2D eigenvalue weighted by Crippen LogP contribution is -2.64. The molecule has 7 N–H and O–H groups in total. The van der Waals surface area contributed by atoms with Gasteiger partial charge < -0.3 is 54.7 Å². The molecule has 0 radical (unpaired) electrons. The minimum Gasteiger partial charge on any atom is -0.394 e. The van der Waals surface area contributed by atoms with Crippen molar-refractivity contribution in [3.63, 3.8) is 0 Å². The third-order valence-electron chi connectivity index (χ3n) is 4.50. The van der Waals surface area contributed by atoms with Gasteiger partial charge in [-0.1, -0.05) is 5.11 Å². The van der Waals surface area contributed by atoms with Crippen molar-refractivity contribution in [1.29, 1.82) is 0 Å². The van der Waals surface area contributed by atoms with Crippen LogP contribution in [0, 0.1) is 0 Å². The Morgan fingerprint density at radius 3 is 2.04 bits per heavy atom. The van der Waals surface area contributed by atoms with Crippen LogP contribution in [0.4, 0.5) is 0 Å². The normalized spacial score (nSPS) is 44.1. The number of azide groups is 1. The first kappa shape index (κ1) is 23.2. The number of hydrogen-bond acceptors (Lipinski definition) is 12. The van der Waals surface area contributed by atoms with Gasteiger partial charge >= 0.3 is 0 Å². The molecule has 0 aliphatic carbocycles. The largest absolute Gasteiger partial charge is 0.394 e. The lowest BCUT2D eigenvalue weighted by atomic mass is 9.97. The van der Waals surface area contributed by atoms with E-state index in [1.807, 2.05) is 0 Å². The van der Waals surface area contributed by atoms with E-state index in [0.29, 0.717) is 0 Å². The van der Waals surface area contributed by atoms with Gasteiger partial charge in [0.1, 0.15) is 48.8 Å². The molecule has 2 saturated heterocycles. The number of hydrogen-bond donors (Lipinski definition) is 7. The average molecular weight is 411 g/mol. The van der Waals surface area contributed by atoms with Crippen LogP contribution in [0.1, 0.15) is 0 Å². The van der Waals surface area contributed by atoms with Crippen molar-refractivity contribution >= 4 is 0 Å². The maximum atomic E-state index is 10.3. The fraction of sp³-hybridized carbons (Fsp3) is 1.00. The quantitative estimate of drug-likeness (QED) is 0.0879. The Kier molecular flexibility index (Phi) is 8.76. The molecule has 14 heteroatoms. The minimum absolute atomic E-state index is 0.0479. The molecule has 14 nitrogen and oxygen atoms in total. The van der Waals surface area contributed by atoms with Crippen LogP contribution >= 0.6 is 0 Å². The zero-order chi connectivity index (χ0) is 20.8. The highest BCUT2D eigenvalue weighted by molar-refractivity contribution is 4.94. The number of rotatable bonds is 8. The Morgan fingerprint density at radius 2 is 1.43 bits per heavy atom. The van der Waals surface area contributed by atoms with Gasteiger partial charge in [0.2, 0.25) is 0 Å². The Labute approximate surface area is 159 Å². The zero-order valence-corrected chi connectivity index (χ0v) is 14.7. The van der Waals surface area contributed by atoms with Crippen LogP contribution in [-0.4, -0.2) is 124 Å². The second-order valence-electron chi connectivity index (χ2n) is 6.33. The monoisotopic (exact) mass is 411 g/mol. The first-order chi connectivity index (χ1) is 13.3. The Balaban J connectivity index is 2.05. The molecule has 2 rings (SSSR count). The van der Waals surface area contributed by atoms with Crippen molar-refractivity contribution in [2.75, 3.05) is 26.4 Å². The van der Waals surface area contributed by atoms with Gasteiger partial charge in [0.05, 0.1) is 19.8 Å². The van der Waals surface area contributed by atoms with Gasteiger partial charge in [-0.05, 0) is 5.53 Å². The third-order valence-corrected chi connectivity index (χ3v) is 4.50. The SMILES string of the molecule is [N-]=[N+]=NCCO[C@@H]1OC(CO)[C@@H](O[C@@H]2OC(CO)[C@H](O)C(O)[C@@H]2O)C(O)[C@@H]1O. The summed E-state index contributed by atoms with van der Waals surface area (Å²) in [6.45, 7) is -1.51. The van der Waals surface area contributed by atoms with Crippen molar-refractivity contribution in [3.05, 3.63) is 10.4 Å². The molecule has 0 amide bonds. The summed E-state index contributed by atoms with van der Waals surface area (Å²) in [5.74, 6) is 0. The Bertz CT molecular complexity index is 533. The first-order valence-electron chi connectivity index (χ1n) is 8.56. The summed E-state index contributed by atoms with van der Waals surface area (Å²) in [6, 6.07) is 0. The van der Waals surface area contributed by atoms with Gasteiger partial charge in [-0.2, -0.15) is 0 Å². The van der Waals surface area contributed by atoms with E-state index in [1.54, 1.807) is 0 Å². The highest BCUT2D eigenvalue weighted by atomic mass is 16.7. The van der Waals surface area contributed by atoms with Crippen molar-refractivity contribution in [1.82, 2.24) is 0 Å². The summed E-state index contributed by atoms with van der Waals surface area (Å²) in [6.07, 6.45) is -15.1. The maximum Gasteiger partial charge on any atom is 0.187 e. The molecule has 2 aliphatic heterocycles. The van der Waals surface area contributed by atoms with E-state index >= 15 is 0 Å². The van der Waals surface area contributed by atoms with Gasteiger partial charge in [-0.3, -0.25) is 0 Å². The van der Waals surface area contributed by atoms with E-state index in [4.69, 9.17) is 24.5 Å². The van der Waals surface area contributed by atoms with Crippen LogP contribution in [0.15, 0.2) is 5.11 Å². The second kappa shape index (κ2) is 10.6. The molecule has 0 aromatic rings. The summed E-state index contributed by atoms with van der Waals surface area (Å²) in [5, 5.41) is 72.1. The lowest BCUT2D eigenvalue weighted by molar-refractivity contribution is -0.359. The summed E-state index contributed by atoms with van der Waals surface area (Å²) in [4.78, 5) is 2.53. The van der Waals surface area contributed by atoms with E-state index in [2.05, 4.69) is 10.0 Å². The molecule has 0 spiro atoms. The number of aliphatic hydroxyl groups excluding tert-OH is 7. The molecule has 2 aliphatic rings. The molecular weight excluding hydrogens is 386 g/mol. The molecule has 2 fully saturated rings. The number of nitrogens with zero attached hydrogens (tertiary/aromatic N) is 3. The van der Waals surface area contributed by atoms with Crippen LogP contribution in [0.25, 0.3) is 10.4 Å². The van der Waals surface area contributed by atoms with Crippen LogP contribution in [0.2, 0.25) is 0 Å². The molecule has 0 aromatic carbocycles. The standard InChI is InChI=1S/C14H25N3O11/c15-17-16-1-2-25-13-11(24)9(22)12(6(4-19)27-13)28-14-10(23)8(21)7(20)5(3-18)26-14/h5-14,18-24H,1-4H2/t5?,6?,7-,8?,9?,10-,11-,12+,13+,14-/m0/s1. The highest BCUT2D eigenvalue weighted by Crippen LogP contribution is 2.29. The van der Waals surface area contributed by atoms with E-state index in [9.17, 15) is 35.7 Å². The van der Waals surface area contributed by atoms with Gasteiger partial charge in [0, 0.05) is 11.5 Å². The van der Waals surface area contributed by atoms with Crippen molar-refractivity contribution in [3.8, 4) is 0 Å². The maximum absolute atomic E-state index is 10.3. The average Bonchev–Trinajstić information content (AvgIpc) is 2.70. The topological polar surface area (TPSA) is 227 Å². The summed E-state index contributed by atoms with van der Waals surface area (Å²) in [7, 11) is 0. The second-order valence-corrected chi connectivity index (χ2v) is 6.33. The molecule has 2 heterocycles. The number of ether oxygens (including phenoxy) is 4. The molecule has 4 unspecified atom stereocenters. The van der Waals surface area contributed by atoms with Gasteiger partial charge in [0.15, 0.2) is 12.6 Å². The van der Waals surface area contributed by atoms with Crippen LogP contribution in [0.5, 0.6) is 0 Å². The van der Waals surface area contributed by atoms with Crippen LogP contribution in [-0.2, 0) is 18.9 Å². The zero-order valence-electron chi connectivity index (χ0n) is 14.7. The van der Waals surface area contributed by atoms with E-state index < -0.39 is 74.6 Å². The fourth-order valence-electron chi connectivity index (χ4n) is 2.95. The van der Waals surface area contributed by atoms with Gasteiger partial charge in [-0.25, -0.2) is 0 Å². The Morgan fingerprint density at radius 1 is 0.821 bits per heavy atom. The molecule has 0 aromatic heterocycles. The van der Waals surface area contributed by atoms with Crippen molar-refractivity contribution in [2.24, 2.45) is 5.11 Å². The first-order valence-corrected chi connectivity index (χ1v) is 8.56. The summed E-state index contributed by atoms with van der Waals surface area (Å²) in [5.41, 5.74) is 8.21. The highest BCUT2D eigenvalue weighted by Gasteiger charge is 2.50. The van der Waals surface area contributed by atoms with Crippen LogP contribution in [0.3, 0.4) is 0 Å². The predicted molar refractivity (Wildman–Crippen MR) is 86.4 cm³/mol. The summed E-state index contributed by atoms with van der Waals surface area (Å²) >= 11 is 0. The van der Waals surface area contributed by atoms with Crippen molar-refractivity contribution < 1.29 is 54.7 Å². The molecule has 10 atom stereocenters. The predicted octanol–water partition coefficient (Wildman–Crippen LogP) is -4.06. The lowest BCUT2D eigenvalue weighted by Gasteiger charge is -2.45. The summed E-state index contributed by atoms with van der Waals surface area (Å²) < 4.78 is 21.1. The van der Waals surface area contributed by atoms with Crippen molar-refractivity contribution in [2.45, 2.75) is 61.4 Å². The van der Waals surface area contributed by atoms with Gasteiger partial charge in [0.25, 0.3) is 0 Å². The Hall–Kier alpha value is -1.13. The fourth-order valence-corrected chi connectivity index (χ4v) is 2.95. The van der Waals surface area contributed by atoms with E-state index in [1.165, 1.54) is 0 Å². The minimum atomic E-state index is -1.74. The van der Waals surface area contributed by atoms with Gasteiger partial charge in [-0.15, -0.1) is 0 Å². The molecule has 162 valence electrons. The number of aliphatic hydroxyl groups is 7. The van der Waals surface area contributed by atoms with Crippen LogP contribution < -0.4 is 0 Å². The molecular formula is C14H25N3O11. The molecule has 28 heavy (non-hydrogen) atoms. The molecule has 0 bridgehead atoms.